The van der Waals surface area contributed by atoms with Gasteiger partial charge in [0.25, 0.3) is 0 Å². The number of rotatable bonds is 6. The van der Waals surface area contributed by atoms with Crippen molar-refractivity contribution in [1.82, 2.24) is 6.15 Å². The Morgan fingerprint density at radius 3 is 1.50 bits per heavy atom. The summed E-state index contributed by atoms with van der Waals surface area (Å²) in [7, 11) is -1.96. The predicted molar refractivity (Wildman–Crippen MR) is 121 cm³/mol. The smallest absolute Gasteiger partial charge is 0.402 e. The molecule has 0 spiro atoms. The van der Waals surface area contributed by atoms with E-state index < -0.39 is 12.9 Å². The first kappa shape index (κ1) is 21.5. The molecule has 5 heteroatoms. The summed E-state index contributed by atoms with van der Waals surface area (Å²) in [5.74, 6) is 0. The molecule has 0 heterocycles. The molecule has 0 atom stereocenters. The van der Waals surface area contributed by atoms with Gasteiger partial charge in [-0.05, 0) is 27.8 Å². The molecule has 0 aliphatic carbocycles. The van der Waals surface area contributed by atoms with Crippen LogP contribution in [-0.2, 0) is 10.3 Å². The molecule has 0 radical (unpaired) electrons. The zero-order valence-electron chi connectivity index (χ0n) is 16.6. The number of benzene rings is 4. The fourth-order valence-corrected chi connectivity index (χ4v) is 3.84. The van der Waals surface area contributed by atoms with E-state index in [1.54, 1.807) is 0 Å². The van der Waals surface area contributed by atoms with Crippen LogP contribution < -0.4 is 6.15 Å². The topological polar surface area (TPSA) is 84.7 Å². The average Bonchev–Trinajstić information content (AvgIpc) is 2.79. The van der Waals surface area contributed by atoms with Gasteiger partial charge >= 0.3 is 7.32 Å². The molecule has 0 bridgehead atoms. The van der Waals surface area contributed by atoms with Gasteiger partial charge in [0.05, 0.1) is 0 Å². The van der Waals surface area contributed by atoms with Crippen LogP contribution in [-0.4, -0.2) is 17.4 Å². The van der Waals surface area contributed by atoms with Gasteiger partial charge in [0.15, 0.2) is 0 Å². The molecular weight excluding hydrogens is 373 g/mol. The van der Waals surface area contributed by atoms with Gasteiger partial charge in [-0.3, -0.25) is 0 Å². The molecule has 0 amide bonds. The summed E-state index contributed by atoms with van der Waals surface area (Å²) in [4.78, 5) is 0. The molecule has 0 aliphatic rings. The fraction of sp³-hybridized carbons (Fsp3) is 0.0400. The van der Waals surface area contributed by atoms with Crippen molar-refractivity contribution in [2.75, 3.05) is 0 Å². The van der Waals surface area contributed by atoms with Crippen LogP contribution in [0.25, 0.3) is 11.1 Å². The van der Waals surface area contributed by atoms with Crippen molar-refractivity contribution < 1.29 is 14.7 Å². The Hall–Kier alpha value is -3.22. The molecule has 5 N–H and O–H groups in total. The Morgan fingerprint density at radius 2 is 1.00 bits per heavy atom. The summed E-state index contributed by atoms with van der Waals surface area (Å²) in [5.41, 5.74) is 3.22. The minimum Gasteiger partial charge on any atom is -0.402 e. The SMILES string of the molecule is N.OB(O)OC(c1ccccc1)(c1ccccc1)c1ccccc1-c1ccccc1. The summed E-state index contributed by atoms with van der Waals surface area (Å²) in [6.45, 7) is 0. The van der Waals surface area contributed by atoms with Crippen molar-refractivity contribution in [3.8, 4) is 11.1 Å². The maximum absolute atomic E-state index is 9.97. The van der Waals surface area contributed by atoms with E-state index in [2.05, 4.69) is 0 Å². The molecule has 4 rings (SSSR count). The van der Waals surface area contributed by atoms with E-state index in [9.17, 15) is 10.0 Å². The van der Waals surface area contributed by atoms with E-state index in [1.165, 1.54) is 0 Å². The third-order valence-corrected chi connectivity index (χ3v) is 5.03. The number of hydrogen-bond donors (Lipinski definition) is 3. The lowest BCUT2D eigenvalue weighted by Gasteiger charge is -2.37. The van der Waals surface area contributed by atoms with E-state index in [0.29, 0.717) is 0 Å². The molecule has 4 aromatic carbocycles. The van der Waals surface area contributed by atoms with Crippen LogP contribution in [0.4, 0.5) is 0 Å². The Labute approximate surface area is 177 Å². The Morgan fingerprint density at radius 1 is 0.567 bits per heavy atom. The van der Waals surface area contributed by atoms with Crippen molar-refractivity contribution >= 4 is 7.32 Å². The van der Waals surface area contributed by atoms with Crippen LogP contribution >= 0.6 is 0 Å². The van der Waals surface area contributed by atoms with Gasteiger partial charge in [-0.15, -0.1) is 0 Å². The summed E-state index contributed by atoms with van der Waals surface area (Å²) in [6, 6.07) is 37.2. The predicted octanol–water partition coefficient (Wildman–Crippen LogP) is 4.79. The molecule has 30 heavy (non-hydrogen) atoms. The van der Waals surface area contributed by atoms with Crippen LogP contribution in [0.3, 0.4) is 0 Å². The van der Waals surface area contributed by atoms with Gasteiger partial charge in [0, 0.05) is 0 Å². The maximum Gasteiger partial charge on any atom is 0.635 e. The van der Waals surface area contributed by atoms with Gasteiger partial charge in [0.2, 0.25) is 0 Å². The van der Waals surface area contributed by atoms with Gasteiger partial charge in [-0.2, -0.15) is 0 Å². The highest BCUT2D eigenvalue weighted by Gasteiger charge is 2.42. The van der Waals surface area contributed by atoms with E-state index in [4.69, 9.17) is 4.65 Å². The van der Waals surface area contributed by atoms with E-state index in [-0.39, 0.29) is 6.15 Å². The first-order chi connectivity index (χ1) is 14.2. The van der Waals surface area contributed by atoms with Crippen molar-refractivity contribution in [3.05, 3.63) is 132 Å². The zero-order chi connectivity index (χ0) is 20.1. The lowest BCUT2D eigenvalue weighted by atomic mass is 9.76. The van der Waals surface area contributed by atoms with Gasteiger partial charge in [-0.1, -0.05) is 115 Å². The highest BCUT2D eigenvalue weighted by Crippen LogP contribution is 2.44. The molecule has 4 nitrogen and oxygen atoms in total. The molecule has 0 fully saturated rings. The van der Waals surface area contributed by atoms with Gasteiger partial charge in [0.1, 0.15) is 5.60 Å². The monoisotopic (exact) mass is 397 g/mol. The summed E-state index contributed by atoms with van der Waals surface area (Å²) in [5, 5.41) is 19.9. The second kappa shape index (κ2) is 9.52. The highest BCUT2D eigenvalue weighted by atomic mass is 16.6. The zero-order valence-corrected chi connectivity index (χ0v) is 16.6. The van der Waals surface area contributed by atoms with Crippen molar-refractivity contribution in [2.45, 2.75) is 5.60 Å². The third kappa shape index (κ3) is 4.06. The quantitative estimate of drug-likeness (QED) is 0.323. The average molecular weight is 397 g/mol. The minimum atomic E-state index is -1.96. The second-order valence-electron chi connectivity index (χ2n) is 6.77. The first-order valence-corrected chi connectivity index (χ1v) is 9.52. The molecule has 0 aromatic heterocycles. The van der Waals surface area contributed by atoms with Crippen molar-refractivity contribution in [2.24, 2.45) is 0 Å². The Kier molecular flexibility index (Phi) is 6.82. The Balaban J connectivity index is 0.00000256. The molecule has 150 valence electrons. The molecule has 4 aromatic rings. The van der Waals surface area contributed by atoms with Gasteiger partial charge < -0.3 is 20.9 Å². The van der Waals surface area contributed by atoms with Crippen molar-refractivity contribution in [3.63, 3.8) is 0 Å². The molecule has 0 unspecified atom stereocenters. The number of hydrogen-bond acceptors (Lipinski definition) is 4. The van der Waals surface area contributed by atoms with Crippen LogP contribution in [0.5, 0.6) is 0 Å². The van der Waals surface area contributed by atoms with Gasteiger partial charge in [-0.25, -0.2) is 0 Å². The van der Waals surface area contributed by atoms with Crippen molar-refractivity contribution in [1.29, 1.82) is 0 Å². The van der Waals surface area contributed by atoms with E-state index >= 15 is 0 Å². The molecule has 0 aliphatic heterocycles. The fourth-order valence-electron chi connectivity index (χ4n) is 3.84. The first-order valence-electron chi connectivity index (χ1n) is 9.52. The standard InChI is InChI=1S/C25H21BO3.H3N/c27-26(28)29-25(21-14-6-2-7-15-21,22-16-8-3-9-17-22)24-19-11-10-18-23(24)20-12-4-1-5-13-20;/h1-19,27-28H;1H3. The van der Waals surface area contributed by atoms with Crippen LogP contribution in [0.15, 0.2) is 115 Å². The summed E-state index contributed by atoms with van der Waals surface area (Å²) in [6.07, 6.45) is 0. The van der Waals surface area contributed by atoms with E-state index in [1.807, 2.05) is 115 Å². The third-order valence-electron chi connectivity index (χ3n) is 5.03. The van der Waals surface area contributed by atoms with Crippen LogP contribution in [0.1, 0.15) is 16.7 Å². The lowest BCUT2D eigenvalue weighted by molar-refractivity contribution is 0.0819. The highest BCUT2D eigenvalue weighted by molar-refractivity contribution is 6.33. The van der Waals surface area contributed by atoms with E-state index in [0.717, 1.165) is 27.8 Å². The van der Waals surface area contributed by atoms with Crippen LogP contribution in [0, 0.1) is 0 Å². The van der Waals surface area contributed by atoms with Crippen LogP contribution in [0.2, 0.25) is 0 Å². The summed E-state index contributed by atoms with van der Waals surface area (Å²) >= 11 is 0. The Bertz CT molecular complexity index is 1020. The maximum atomic E-state index is 9.97. The largest absolute Gasteiger partial charge is 0.635 e. The molecule has 0 saturated heterocycles. The minimum absolute atomic E-state index is 0. The second-order valence-corrected chi connectivity index (χ2v) is 6.77. The molecular formula is C25H24BNO3. The lowest BCUT2D eigenvalue weighted by Crippen LogP contribution is -2.39. The normalized spacial score (nSPS) is 10.9. The molecule has 0 saturated carbocycles. The summed E-state index contributed by atoms with van der Waals surface area (Å²) < 4.78 is 5.97.